The first-order valence-corrected chi connectivity index (χ1v) is 21.3. The van der Waals surface area contributed by atoms with E-state index in [1.807, 2.05) is 0 Å². The molecule has 334 valence electrons. The molecule has 1 aliphatic heterocycles. The van der Waals surface area contributed by atoms with Gasteiger partial charge in [0.05, 0.1) is 86.4 Å². The lowest BCUT2D eigenvalue weighted by atomic mass is 9.99. The first kappa shape index (κ1) is 47.6. The van der Waals surface area contributed by atoms with Gasteiger partial charge in [-0.1, -0.05) is 0 Å². The van der Waals surface area contributed by atoms with Crippen LogP contribution in [0, 0.1) is 29.6 Å². The van der Waals surface area contributed by atoms with Crippen LogP contribution in [-0.4, -0.2) is 162 Å². The molecule has 21 heteroatoms. The van der Waals surface area contributed by atoms with E-state index in [1.165, 1.54) is 6.20 Å². The van der Waals surface area contributed by atoms with Crippen LogP contribution in [0.25, 0.3) is 10.9 Å². The zero-order chi connectivity index (χ0) is 42.9. The van der Waals surface area contributed by atoms with Crippen LogP contribution in [0.3, 0.4) is 0 Å². The number of aliphatic hydroxyl groups excluding tert-OH is 3. The highest BCUT2D eigenvalue weighted by molar-refractivity contribution is 9.11. The Morgan fingerprint density at radius 2 is 1.38 bits per heavy atom. The van der Waals surface area contributed by atoms with Crippen LogP contribution in [0.5, 0.6) is 11.5 Å². The first-order chi connectivity index (χ1) is 29.1. The smallest absolute Gasteiger partial charge is 0.407 e. The standard InChI is InChI=1S/C39H53Br2N3O16/c1-51-36(48)35-32(46)31(45)33(47)37(60-35)59-28-21-44-27-20-26(40)34(30(41)29(27)28)56-18-16-54-14-15-55-17-19-57-38(49)42-8-10-52-12-13-53-11-9-43-39(50)58-22-25-23-6-4-2-3-5-7-24(23)25/h20-21,23-25,31-33,35,37,44-47H,4-19,22H2,1H3,(H,42,49)(H,43,50)/t23-,24?,25-,31-,32-,33+,35-,37+/m0/s1. The molecule has 0 spiro atoms. The summed E-state index contributed by atoms with van der Waals surface area (Å²) in [5.41, 5.74) is 0.623. The van der Waals surface area contributed by atoms with Crippen molar-refractivity contribution in [3.05, 3.63) is 21.2 Å². The highest BCUT2D eigenvalue weighted by Crippen LogP contribution is 2.52. The molecule has 5 rings (SSSR count). The molecule has 19 nitrogen and oxygen atoms in total. The topological polar surface area (TPSA) is 244 Å². The molecule has 1 unspecified atom stereocenters. The molecule has 2 aliphatic carbocycles. The fourth-order valence-corrected chi connectivity index (χ4v) is 8.37. The number of esters is 1. The van der Waals surface area contributed by atoms with Gasteiger partial charge in [0.1, 0.15) is 43.0 Å². The molecule has 6 N–H and O–H groups in total. The minimum atomic E-state index is -1.73. The van der Waals surface area contributed by atoms with Crippen molar-refractivity contribution >= 4 is 60.9 Å². The monoisotopic (exact) mass is 977 g/mol. The number of aliphatic hydroxyl groups is 3. The van der Waals surface area contributed by atoms with Gasteiger partial charge in [-0.3, -0.25) is 0 Å². The zero-order valence-corrected chi connectivity index (χ0v) is 36.4. The normalized spacial score (nSPS) is 24.5. The molecule has 2 heterocycles. The van der Waals surface area contributed by atoms with E-state index in [4.69, 9.17) is 42.6 Å². The second-order valence-corrected chi connectivity index (χ2v) is 15.6. The predicted octanol–water partition coefficient (Wildman–Crippen LogP) is 2.39. The number of hydrogen-bond donors (Lipinski definition) is 6. The number of nitrogens with one attached hydrogen (secondary N) is 3. The molecule has 1 saturated carbocycles. The Kier molecular flexibility index (Phi) is 19.7. The maximum atomic E-state index is 12.1. The van der Waals surface area contributed by atoms with Crippen molar-refractivity contribution in [2.24, 2.45) is 17.8 Å². The van der Waals surface area contributed by atoms with E-state index < -0.39 is 48.9 Å². The summed E-state index contributed by atoms with van der Waals surface area (Å²) in [6, 6.07) is 1.75. The summed E-state index contributed by atoms with van der Waals surface area (Å²) in [5.74, 6) is 7.79. The summed E-state index contributed by atoms with van der Waals surface area (Å²) in [6.07, 6.45) is -3.68. The zero-order valence-electron chi connectivity index (χ0n) is 33.2. The molecule has 60 heavy (non-hydrogen) atoms. The van der Waals surface area contributed by atoms with Crippen molar-refractivity contribution in [3.63, 3.8) is 0 Å². The molecule has 2 amide bonds. The third-order valence-electron chi connectivity index (χ3n) is 9.98. The van der Waals surface area contributed by atoms with Crippen LogP contribution in [0.2, 0.25) is 0 Å². The van der Waals surface area contributed by atoms with Crippen molar-refractivity contribution < 1.29 is 77.1 Å². The number of methoxy groups -OCH3 is 1. The molecule has 3 aliphatic rings. The molecule has 2 fully saturated rings. The first-order valence-electron chi connectivity index (χ1n) is 19.7. The number of H-pyrrole nitrogens is 1. The Balaban J connectivity index is 0.833. The number of aromatic nitrogens is 1. The maximum Gasteiger partial charge on any atom is 0.407 e. The number of carbonyl (C=O) groups is 3. The number of alkyl carbamates (subject to hydrolysis) is 2. The number of carbonyl (C=O) groups excluding carboxylic acids is 3. The number of benzene rings is 1. The summed E-state index contributed by atoms with van der Waals surface area (Å²) in [5, 5.41) is 36.7. The van der Waals surface area contributed by atoms with Crippen LogP contribution >= 0.6 is 31.9 Å². The molecule has 0 radical (unpaired) electrons. The van der Waals surface area contributed by atoms with E-state index in [0.717, 1.165) is 32.8 Å². The van der Waals surface area contributed by atoms with Crippen molar-refractivity contribution in [2.45, 2.75) is 56.4 Å². The van der Waals surface area contributed by atoms with Crippen LogP contribution in [0.4, 0.5) is 9.59 Å². The maximum absolute atomic E-state index is 12.1. The van der Waals surface area contributed by atoms with Gasteiger partial charge in [-0.05, 0) is 68.5 Å². The highest BCUT2D eigenvalue weighted by Gasteiger charge is 2.50. The third kappa shape index (κ3) is 14.1. The minimum absolute atomic E-state index is 0.0535. The Bertz CT molecular complexity index is 1740. The van der Waals surface area contributed by atoms with Gasteiger partial charge in [0.2, 0.25) is 6.29 Å². The number of fused-ring (bicyclic) bond motifs is 2. The predicted molar refractivity (Wildman–Crippen MR) is 217 cm³/mol. The second kappa shape index (κ2) is 24.9. The SMILES string of the molecule is COC(=O)[C@H]1O[C@@H](Oc2c[nH]c3cc(Br)c(OCCOCCOCCOC(=O)NCCOCCOCCNC(=O)OC[C@@H]4C5CCC#CCC[C@@H]54)c(Br)c23)[C@H](O)[C@@H](O)[C@@H]1O. The molecule has 1 saturated heterocycles. The minimum Gasteiger partial charge on any atom is -0.489 e. The highest BCUT2D eigenvalue weighted by atomic mass is 79.9. The van der Waals surface area contributed by atoms with E-state index in [9.17, 15) is 29.7 Å². The third-order valence-corrected chi connectivity index (χ3v) is 11.3. The van der Waals surface area contributed by atoms with Gasteiger partial charge in [0, 0.05) is 32.1 Å². The summed E-state index contributed by atoms with van der Waals surface area (Å²) in [6.45, 7) is 3.50. The Morgan fingerprint density at radius 1 is 0.800 bits per heavy atom. The van der Waals surface area contributed by atoms with E-state index in [0.29, 0.717) is 76.3 Å². The summed E-state index contributed by atoms with van der Waals surface area (Å²) in [4.78, 5) is 38.9. The lowest BCUT2D eigenvalue weighted by molar-refractivity contribution is -0.271. The average molecular weight is 980 g/mol. The van der Waals surface area contributed by atoms with E-state index in [-0.39, 0.29) is 58.5 Å². The second-order valence-electron chi connectivity index (χ2n) is 13.9. The summed E-state index contributed by atoms with van der Waals surface area (Å²) < 4.78 is 55.4. The number of hydrogen-bond acceptors (Lipinski definition) is 16. The average Bonchev–Trinajstić information content (AvgIpc) is 3.70. The lowest BCUT2D eigenvalue weighted by Crippen LogP contribution is -2.61. The van der Waals surface area contributed by atoms with Gasteiger partial charge in [0.25, 0.3) is 0 Å². The quantitative estimate of drug-likeness (QED) is 0.0383. The summed E-state index contributed by atoms with van der Waals surface area (Å²) in [7, 11) is 1.10. The Morgan fingerprint density at radius 3 is 2.02 bits per heavy atom. The van der Waals surface area contributed by atoms with Crippen molar-refractivity contribution in [2.75, 3.05) is 92.9 Å². The molecule has 8 atom stereocenters. The largest absolute Gasteiger partial charge is 0.489 e. The van der Waals surface area contributed by atoms with Crippen molar-refractivity contribution in [1.82, 2.24) is 15.6 Å². The van der Waals surface area contributed by atoms with Gasteiger partial charge < -0.3 is 78.3 Å². The fourth-order valence-electron chi connectivity index (χ4n) is 6.82. The van der Waals surface area contributed by atoms with E-state index in [1.54, 1.807) is 6.07 Å². The van der Waals surface area contributed by atoms with E-state index >= 15 is 0 Å². The number of ether oxygens (including phenoxy) is 10. The molecule has 2 aromatic rings. The molecule has 0 bridgehead atoms. The van der Waals surface area contributed by atoms with Gasteiger partial charge in [-0.2, -0.15) is 0 Å². The van der Waals surface area contributed by atoms with Gasteiger partial charge in [-0.15, -0.1) is 11.8 Å². The molecular formula is C39H53Br2N3O16. The molecule has 1 aromatic heterocycles. The van der Waals surface area contributed by atoms with E-state index in [2.05, 4.69) is 64.1 Å². The van der Waals surface area contributed by atoms with Crippen LogP contribution in [-0.2, 0) is 42.7 Å². The van der Waals surface area contributed by atoms with Crippen LogP contribution in [0.15, 0.2) is 21.2 Å². The van der Waals surface area contributed by atoms with Gasteiger partial charge >= 0.3 is 18.2 Å². The Hall–Kier alpha value is -3.43. The number of amides is 2. The lowest BCUT2D eigenvalue weighted by Gasteiger charge is -2.38. The summed E-state index contributed by atoms with van der Waals surface area (Å²) >= 11 is 7.03. The Labute approximate surface area is 363 Å². The fraction of sp³-hybridized carbons (Fsp3) is 0.667. The van der Waals surface area contributed by atoms with Crippen molar-refractivity contribution in [3.8, 4) is 23.3 Å². The van der Waals surface area contributed by atoms with Gasteiger partial charge in [0.15, 0.2) is 6.10 Å². The molecule has 1 aromatic carbocycles. The van der Waals surface area contributed by atoms with Crippen LogP contribution in [0.1, 0.15) is 25.7 Å². The number of halogens is 2. The van der Waals surface area contributed by atoms with Crippen molar-refractivity contribution in [1.29, 1.82) is 0 Å². The number of aromatic amines is 1. The van der Waals surface area contributed by atoms with Crippen LogP contribution < -0.4 is 20.1 Å². The van der Waals surface area contributed by atoms with Gasteiger partial charge in [-0.25, -0.2) is 14.4 Å². The molecular weight excluding hydrogens is 926 g/mol. The number of rotatable bonds is 24.